The molecule has 2 aromatic carbocycles. The van der Waals surface area contributed by atoms with Gasteiger partial charge >= 0.3 is 6.03 Å². The van der Waals surface area contributed by atoms with E-state index in [-0.39, 0.29) is 17.6 Å². The van der Waals surface area contributed by atoms with Crippen LogP contribution >= 0.6 is 0 Å². The van der Waals surface area contributed by atoms with E-state index in [0.717, 1.165) is 22.4 Å². The van der Waals surface area contributed by atoms with Crippen LogP contribution in [0.4, 0.5) is 10.5 Å². The molecule has 0 atom stereocenters. The van der Waals surface area contributed by atoms with E-state index in [9.17, 15) is 9.59 Å². The molecule has 7 heteroatoms. The monoisotopic (exact) mass is 418 g/mol. The van der Waals surface area contributed by atoms with Crippen LogP contribution in [0.1, 0.15) is 32.7 Å². The Labute approximate surface area is 181 Å². The van der Waals surface area contributed by atoms with Crippen molar-refractivity contribution >= 4 is 17.6 Å². The van der Waals surface area contributed by atoms with Gasteiger partial charge in [-0.3, -0.25) is 9.78 Å². The van der Waals surface area contributed by atoms with Gasteiger partial charge in [0, 0.05) is 31.5 Å². The fourth-order valence-corrected chi connectivity index (χ4v) is 2.98. The quantitative estimate of drug-likeness (QED) is 0.550. The number of rotatable bonds is 6. The summed E-state index contributed by atoms with van der Waals surface area (Å²) in [6, 6.07) is 14.4. The van der Waals surface area contributed by atoms with Gasteiger partial charge in [0.1, 0.15) is 17.2 Å². The van der Waals surface area contributed by atoms with Crippen molar-refractivity contribution < 1.29 is 14.3 Å². The van der Waals surface area contributed by atoms with E-state index < -0.39 is 0 Å². The number of carbonyl (C=O) groups is 2. The lowest BCUT2D eigenvalue weighted by molar-refractivity contribution is 0.0958. The van der Waals surface area contributed by atoms with E-state index in [1.54, 1.807) is 19.2 Å². The van der Waals surface area contributed by atoms with E-state index in [1.165, 1.54) is 11.8 Å². The Kier molecular flexibility index (Phi) is 6.87. The Morgan fingerprint density at radius 3 is 2.32 bits per heavy atom. The molecule has 31 heavy (non-hydrogen) atoms. The molecule has 160 valence electrons. The van der Waals surface area contributed by atoms with Crippen molar-refractivity contribution in [2.75, 3.05) is 12.4 Å². The maximum Gasteiger partial charge on any atom is 0.319 e. The van der Waals surface area contributed by atoms with E-state index in [0.29, 0.717) is 18.0 Å². The molecule has 1 aromatic heterocycles. The van der Waals surface area contributed by atoms with E-state index in [1.807, 2.05) is 44.2 Å². The van der Waals surface area contributed by atoms with Crippen molar-refractivity contribution in [1.29, 1.82) is 0 Å². The summed E-state index contributed by atoms with van der Waals surface area (Å²) in [6.07, 6.45) is 1.52. The van der Waals surface area contributed by atoms with Crippen LogP contribution in [0.3, 0.4) is 0 Å². The lowest BCUT2D eigenvalue weighted by Gasteiger charge is -2.12. The molecule has 1 heterocycles. The average molecular weight is 418 g/mol. The van der Waals surface area contributed by atoms with Crippen LogP contribution in [0.5, 0.6) is 11.5 Å². The second kappa shape index (κ2) is 9.75. The average Bonchev–Trinajstić information content (AvgIpc) is 2.76. The summed E-state index contributed by atoms with van der Waals surface area (Å²) >= 11 is 0. The number of benzene rings is 2. The first-order chi connectivity index (χ1) is 14.9. The molecular formula is C24H26N4O3. The van der Waals surface area contributed by atoms with Crippen LogP contribution in [0, 0.1) is 20.8 Å². The van der Waals surface area contributed by atoms with Crippen LogP contribution in [0.2, 0.25) is 0 Å². The number of nitrogens with one attached hydrogen (secondary N) is 3. The van der Waals surface area contributed by atoms with Gasteiger partial charge in [0.2, 0.25) is 0 Å². The number of ether oxygens (including phenoxy) is 1. The molecule has 0 spiro atoms. The Morgan fingerprint density at radius 2 is 1.61 bits per heavy atom. The first-order valence-electron chi connectivity index (χ1n) is 9.93. The molecule has 0 aliphatic carbocycles. The lowest BCUT2D eigenvalue weighted by atomic mass is 10.1. The predicted molar refractivity (Wildman–Crippen MR) is 121 cm³/mol. The Hall–Kier alpha value is -3.87. The third-order valence-electron chi connectivity index (χ3n) is 4.89. The molecule has 7 nitrogen and oxygen atoms in total. The number of aryl methyl sites for hydroxylation is 3. The standard InChI is InChI=1S/C24H26N4O3/c1-15-11-17(3)21(12-16(15)2)28-24(30)27-14-18-5-7-19(8-6-18)31-20-9-10-26-22(13-20)23(29)25-4/h5-13H,14H2,1-4H3,(H,25,29)(H2,27,28,30). The van der Waals surface area contributed by atoms with Crippen molar-refractivity contribution in [2.45, 2.75) is 27.3 Å². The van der Waals surface area contributed by atoms with Gasteiger partial charge in [-0.2, -0.15) is 0 Å². The number of carbonyl (C=O) groups excluding carboxylic acids is 2. The van der Waals surface area contributed by atoms with Crippen molar-refractivity contribution in [1.82, 2.24) is 15.6 Å². The topological polar surface area (TPSA) is 92.4 Å². The van der Waals surface area contributed by atoms with Gasteiger partial charge in [0.15, 0.2) is 0 Å². The number of amides is 3. The largest absolute Gasteiger partial charge is 0.457 e. The SMILES string of the molecule is CNC(=O)c1cc(Oc2ccc(CNC(=O)Nc3cc(C)c(C)cc3C)cc2)ccn1. The summed E-state index contributed by atoms with van der Waals surface area (Å²) < 4.78 is 5.79. The summed E-state index contributed by atoms with van der Waals surface area (Å²) in [5, 5.41) is 8.29. The molecule has 0 radical (unpaired) electrons. The summed E-state index contributed by atoms with van der Waals surface area (Å²) in [7, 11) is 1.55. The molecule has 0 saturated carbocycles. The number of pyridine rings is 1. The van der Waals surface area contributed by atoms with Gasteiger partial charge in [-0.25, -0.2) is 4.79 Å². The first-order valence-corrected chi connectivity index (χ1v) is 9.93. The summed E-state index contributed by atoms with van der Waals surface area (Å²) in [6.45, 7) is 6.43. The van der Waals surface area contributed by atoms with Gasteiger partial charge in [0.05, 0.1) is 0 Å². The fraction of sp³-hybridized carbons (Fsp3) is 0.208. The highest BCUT2D eigenvalue weighted by Gasteiger charge is 2.08. The molecule has 0 saturated heterocycles. The fourth-order valence-electron chi connectivity index (χ4n) is 2.98. The molecule has 0 aliphatic rings. The second-order valence-electron chi connectivity index (χ2n) is 7.26. The normalized spacial score (nSPS) is 10.3. The van der Waals surface area contributed by atoms with Crippen LogP contribution in [0.15, 0.2) is 54.7 Å². The Bertz CT molecular complexity index is 1090. The maximum absolute atomic E-state index is 12.3. The number of hydrogen-bond donors (Lipinski definition) is 3. The lowest BCUT2D eigenvalue weighted by Crippen LogP contribution is -2.28. The van der Waals surface area contributed by atoms with Gasteiger partial charge < -0.3 is 20.7 Å². The predicted octanol–water partition coefficient (Wildman–Crippen LogP) is 4.48. The highest BCUT2D eigenvalue weighted by atomic mass is 16.5. The number of anilines is 1. The Morgan fingerprint density at radius 1 is 0.903 bits per heavy atom. The second-order valence-corrected chi connectivity index (χ2v) is 7.26. The van der Waals surface area contributed by atoms with E-state index >= 15 is 0 Å². The number of hydrogen-bond acceptors (Lipinski definition) is 4. The molecule has 0 bridgehead atoms. The molecular weight excluding hydrogens is 392 g/mol. The van der Waals surface area contributed by atoms with E-state index in [2.05, 4.69) is 33.9 Å². The van der Waals surface area contributed by atoms with E-state index in [4.69, 9.17) is 4.74 Å². The van der Waals surface area contributed by atoms with Crippen LogP contribution in [-0.4, -0.2) is 24.0 Å². The molecule has 3 amide bonds. The molecule has 0 fully saturated rings. The first kappa shape index (κ1) is 21.8. The zero-order valence-electron chi connectivity index (χ0n) is 18.1. The van der Waals surface area contributed by atoms with Gasteiger partial charge in [-0.05, 0) is 67.3 Å². The molecule has 3 rings (SSSR count). The molecule has 3 N–H and O–H groups in total. The smallest absolute Gasteiger partial charge is 0.319 e. The van der Waals surface area contributed by atoms with Crippen LogP contribution < -0.4 is 20.7 Å². The highest BCUT2D eigenvalue weighted by molar-refractivity contribution is 5.92. The number of urea groups is 1. The highest BCUT2D eigenvalue weighted by Crippen LogP contribution is 2.22. The summed E-state index contributed by atoms with van der Waals surface area (Å²) in [4.78, 5) is 28.0. The third-order valence-corrected chi connectivity index (χ3v) is 4.89. The molecule has 0 unspecified atom stereocenters. The van der Waals surface area contributed by atoms with Crippen LogP contribution in [-0.2, 0) is 6.54 Å². The van der Waals surface area contributed by atoms with Gasteiger partial charge in [0.25, 0.3) is 5.91 Å². The minimum Gasteiger partial charge on any atom is -0.457 e. The molecule has 0 aliphatic heterocycles. The maximum atomic E-state index is 12.3. The van der Waals surface area contributed by atoms with Crippen molar-refractivity contribution in [3.8, 4) is 11.5 Å². The zero-order chi connectivity index (χ0) is 22.4. The minimum absolute atomic E-state index is 0.259. The van der Waals surface area contributed by atoms with Crippen LogP contribution in [0.25, 0.3) is 0 Å². The molecule has 3 aromatic rings. The number of nitrogens with zero attached hydrogens (tertiary/aromatic N) is 1. The Balaban J connectivity index is 1.55. The summed E-state index contributed by atoms with van der Waals surface area (Å²) in [5.41, 5.74) is 5.37. The van der Waals surface area contributed by atoms with Gasteiger partial charge in [-0.15, -0.1) is 0 Å². The van der Waals surface area contributed by atoms with Gasteiger partial charge in [-0.1, -0.05) is 18.2 Å². The van der Waals surface area contributed by atoms with Crippen molar-refractivity contribution in [2.24, 2.45) is 0 Å². The zero-order valence-corrected chi connectivity index (χ0v) is 18.1. The number of aromatic nitrogens is 1. The minimum atomic E-state index is -0.277. The summed E-state index contributed by atoms with van der Waals surface area (Å²) in [5.74, 6) is 0.858. The van der Waals surface area contributed by atoms with Crippen molar-refractivity contribution in [3.63, 3.8) is 0 Å². The third kappa shape index (κ3) is 5.82. The van der Waals surface area contributed by atoms with Crippen molar-refractivity contribution in [3.05, 3.63) is 82.7 Å².